The van der Waals surface area contributed by atoms with Gasteiger partial charge in [-0.1, -0.05) is 13.8 Å². The van der Waals surface area contributed by atoms with Crippen LogP contribution in [0, 0.1) is 6.92 Å². The van der Waals surface area contributed by atoms with Gasteiger partial charge in [-0.25, -0.2) is 9.89 Å². The zero-order valence-electron chi connectivity index (χ0n) is 15.0. The molecule has 28 heavy (non-hydrogen) atoms. The SMILES string of the molecule is Cc1nn(-c2cc(Br)c(Oc3cc(C(C)C)c(=O)[nH]n3)c(Br)c2)c(=O)[nH]c1=O. The first kappa shape index (κ1) is 20.2. The number of rotatable bonds is 4. The number of nitrogens with zero attached hydrogens (tertiary/aromatic N) is 3. The van der Waals surface area contributed by atoms with E-state index in [0.29, 0.717) is 25.9 Å². The smallest absolute Gasteiger partial charge is 0.349 e. The number of H-pyrrole nitrogens is 2. The Bertz CT molecular complexity index is 1210. The van der Waals surface area contributed by atoms with Crippen molar-refractivity contribution in [1.82, 2.24) is 25.0 Å². The Kier molecular flexibility index (Phi) is 5.66. The van der Waals surface area contributed by atoms with Crippen LogP contribution in [0.5, 0.6) is 11.6 Å². The predicted octanol–water partition coefficient (Wildman–Crippen LogP) is 2.75. The fraction of sp³-hybridized carbons (Fsp3) is 0.235. The molecule has 2 N–H and O–H groups in total. The number of halogens is 2. The Morgan fingerprint density at radius 1 is 1.07 bits per heavy atom. The van der Waals surface area contributed by atoms with Crippen LogP contribution in [0.4, 0.5) is 0 Å². The highest BCUT2D eigenvalue weighted by Gasteiger charge is 2.15. The molecule has 11 heteroatoms. The average Bonchev–Trinajstić information content (AvgIpc) is 2.62. The molecule has 0 spiro atoms. The molecule has 0 aliphatic rings. The molecule has 0 fully saturated rings. The minimum atomic E-state index is -0.660. The van der Waals surface area contributed by atoms with Crippen LogP contribution in [0.25, 0.3) is 5.69 Å². The topological polar surface area (TPSA) is 123 Å². The van der Waals surface area contributed by atoms with E-state index in [0.717, 1.165) is 4.68 Å². The third-order valence-corrected chi connectivity index (χ3v) is 5.03. The zero-order chi connectivity index (χ0) is 20.6. The number of ether oxygens (including phenoxy) is 1. The zero-order valence-corrected chi connectivity index (χ0v) is 18.2. The van der Waals surface area contributed by atoms with E-state index >= 15 is 0 Å². The first-order chi connectivity index (χ1) is 13.2. The summed E-state index contributed by atoms with van der Waals surface area (Å²) in [6.07, 6.45) is 0. The summed E-state index contributed by atoms with van der Waals surface area (Å²) in [5, 5.41) is 10.3. The van der Waals surface area contributed by atoms with Crippen LogP contribution in [-0.4, -0.2) is 25.0 Å². The Hall–Kier alpha value is -2.53. The number of aryl methyl sites for hydroxylation is 1. The van der Waals surface area contributed by atoms with Crippen LogP contribution in [-0.2, 0) is 0 Å². The van der Waals surface area contributed by atoms with E-state index < -0.39 is 11.2 Å². The fourth-order valence-electron chi connectivity index (χ4n) is 2.41. The second kappa shape index (κ2) is 7.84. The lowest BCUT2D eigenvalue weighted by molar-refractivity contribution is 0.446. The van der Waals surface area contributed by atoms with Gasteiger partial charge in [0.15, 0.2) is 5.75 Å². The molecule has 0 amide bonds. The number of hydrogen-bond donors (Lipinski definition) is 2. The van der Waals surface area contributed by atoms with Crippen molar-refractivity contribution in [2.45, 2.75) is 26.7 Å². The monoisotopic (exact) mass is 511 g/mol. The summed E-state index contributed by atoms with van der Waals surface area (Å²) in [6.45, 7) is 5.29. The van der Waals surface area contributed by atoms with Crippen LogP contribution in [0.3, 0.4) is 0 Å². The fourth-order valence-corrected chi connectivity index (χ4v) is 3.73. The van der Waals surface area contributed by atoms with Crippen molar-refractivity contribution in [1.29, 1.82) is 0 Å². The van der Waals surface area contributed by atoms with Gasteiger partial charge in [0, 0.05) is 11.6 Å². The van der Waals surface area contributed by atoms with Crippen LogP contribution < -0.4 is 21.5 Å². The van der Waals surface area contributed by atoms with Gasteiger partial charge in [-0.3, -0.25) is 14.6 Å². The van der Waals surface area contributed by atoms with Gasteiger partial charge < -0.3 is 4.74 Å². The van der Waals surface area contributed by atoms with Crippen molar-refractivity contribution in [3.63, 3.8) is 0 Å². The number of benzene rings is 1. The molecular weight excluding hydrogens is 498 g/mol. The Morgan fingerprint density at radius 2 is 1.71 bits per heavy atom. The van der Waals surface area contributed by atoms with Crippen molar-refractivity contribution in [3.05, 3.63) is 69.6 Å². The molecule has 0 atom stereocenters. The molecule has 0 aliphatic carbocycles. The van der Waals surface area contributed by atoms with Crippen molar-refractivity contribution < 1.29 is 4.74 Å². The Labute approximate surface area is 175 Å². The van der Waals surface area contributed by atoms with Gasteiger partial charge in [-0.05, 0) is 56.8 Å². The van der Waals surface area contributed by atoms with Gasteiger partial charge in [0.05, 0.1) is 14.6 Å². The third kappa shape index (κ3) is 3.99. The van der Waals surface area contributed by atoms with Crippen LogP contribution >= 0.6 is 31.9 Å². The summed E-state index contributed by atoms with van der Waals surface area (Å²) < 4.78 is 7.90. The van der Waals surface area contributed by atoms with Gasteiger partial charge in [-0.15, -0.1) is 5.10 Å². The molecule has 0 saturated heterocycles. The predicted molar refractivity (Wildman–Crippen MR) is 110 cm³/mol. The summed E-state index contributed by atoms with van der Waals surface area (Å²) in [5.74, 6) is 0.615. The molecule has 3 aromatic rings. The Balaban J connectivity index is 2.03. The van der Waals surface area contributed by atoms with E-state index in [4.69, 9.17) is 4.74 Å². The van der Waals surface area contributed by atoms with E-state index in [1.54, 1.807) is 18.2 Å². The molecule has 0 unspecified atom stereocenters. The molecule has 0 bridgehead atoms. The standard InChI is InChI=1S/C17H15Br2N5O4/c1-7(2)10-6-13(21-22-16(10)26)28-14-11(18)4-9(5-12(14)19)24-17(27)20-15(25)8(3)23-24/h4-7H,1-3H3,(H,22,26)(H,20,25,27). The molecule has 0 radical (unpaired) electrons. The first-order valence-electron chi connectivity index (χ1n) is 8.14. The van der Waals surface area contributed by atoms with E-state index in [2.05, 4.69) is 52.1 Å². The lowest BCUT2D eigenvalue weighted by Crippen LogP contribution is -2.32. The van der Waals surface area contributed by atoms with E-state index in [9.17, 15) is 14.4 Å². The van der Waals surface area contributed by atoms with Gasteiger partial charge in [0.1, 0.15) is 5.69 Å². The third-order valence-electron chi connectivity index (χ3n) is 3.86. The lowest BCUT2D eigenvalue weighted by atomic mass is 10.1. The molecule has 1 aromatic carbocycles. The highest BCUT2D eigenvalue weighted by molar-refractivity contribution is 9.11. The van der Waals surface area contributed by atoms with Gasteiger partial charge >= 0.3 is 5.69 Å². The molecular formula is C17H15Br2N5O4. The largest absolute Gasteiger partial charge is 0.435 e. The van der Waals surface area contributed by atoms with E-state index in [1.165, 1.54) is 6.92 Å². The van der Waals surface area contributed by atoms with Gasteiger partial charge in [0.25, 0.3) is 11.1 Å². The van der Waals surface area contributed by atoms with Crippen molar-refractivity contribution in [3.8, 4) is 17.3 Å². The summed E-state index contributed by atoms with van der Waals surface area (Å²) in [5.41, 5.74) is -0.349. The highest BCUT2D eigenvalue weighted by Crippen LogP contribution is 2.38. The minimum Gasteiger partial charge on any atom is -0.435 e. The highest BCUT2D eigenvalue weighted by atomic mass is 79.9. The second-order valence-electron chi connectivity index (χ2n) is 6.24. The minimum absolute atomic E-state index is 0.00443. The lowest BCUT2D eigenvalue weighted by Gasteiger charge is -2.13. The molecule has 9 nitrogen and oxygen atoms in total. The summed E-state index contributed by atoms with van der Waals surface area (Å²) in [7, 11) is 0. The molecule has 2 heterocycles. The van der Waals surface area contributed by atoms with Crippen LogP contribution in [0.2, 0.25) is 0 Å². The molecule has 146 valence electrons. The van der Waals surface area contributed by atoms with E-state index in [1.807, 2.05) is 13.8 Å². The molecule has 0 aliphatic heterocycles. The van der Waals surface area contributed by atoms with Crippen molar-refractivity contribution in [2.75, 3.05) is 0 Å². The van der Waals surface area contributed by atoms with Crippen molar-refractivity contribution in [2.24, 2.45) is 0 Å². The quantitative estimate of drug-likeness (QED) is 0.554. The first-order valence-corrected chi connectivity index (χ1v) is 9.73. The number of aromatic amines is 2. The summed E-state index contributed by atoms with van der Waals surface area (Å²) >= 11 is 6.80. The van der Waals surface area contributed by atoms with Gasteiger partial charge in [-0.2, -0.15) is 9.78 Å². The van der Waals surface area contributed by atoms with Crippen molar-refractivity contribution >= 4 is 31.9 Å². The van der Waals surface area contributed by atoms with Gasteiger partial charge in [0.2, 0.25) is 5.88 Å². The maximum atomic E-state index is 12.1. The number of hydrogen-bond acceptors (Lipinski definition) is 6. The number of aromatic nitrogens is 5. The Morgan fingerprint density at radius 3 is 2.32 bits per heavy atom. The summed E-state index contributed by atoms with van der Waals surface area (Å²) in [4.78, 5) is 37.6. The normalized spacial score (nSPS) is 11.1. The number of nitrogens with one attached hydrogen (secondary N) is 2. The van der Waals surface area contributed by atoms with Crippen LogP contribution in [0.15, 0.2) is 41.5 Å². The average molecular weight is 513 g/mol. The summed E-state index contributed by atoms with van der Waals surface area (Å²) in [6, 6.07) is 4.80. The molecule has 2 aromatic heterocycles. The molecule has 0 saturated carbocycles. The van der Waals surface area contributed by atoms with Crippen LogP contribution in [0.1, 0.15) is 31.0 Å². The molecule has 3 rings (SSSR count). The second-order valence-corrected chi connectivity index (χ2v) is 7.95. The van der Waals surface area contributed by atoms with E-state index in [-0.39, 0.29) is 23.1 Å². The maximum absolute atomic E-state index is 12.1. The maximum Gasteiger partial charge on any atom is 0.349 e.